The van der Waals surface area contributed by atoms with Crippen molar-refractivity contribution >= 4 is 21.6 Å². The molecule has 0 saturated carbocycles. The van der Waals surface area contributed by atoms with E-state index >= 15 is 0 Å². The third-order valence-electron chi connectivity index (χ3n) is 5.85. The van der Waals surface area contributed by atoms with Crippen LogP contribution >= 0.6 is 0 Å². The van der Waals surface area contributed by atoms with Crippen molar-refractivity contribution < 1.29 is 17.9 Å². The predicted octanol–water partition coefficient (Wildman–Crippen LogP) is 2.43. The van der Waals surface area contributed by atoms with Gasteiger partial charge in [-0.3, -0.25) is 4.79 Å². The third kappa shape index (κ3) is 4.92. The fourth-order valence-corrected chi connectivity index (χ4v) is 4.96. The topological polar surface area (TPSA) is 70.2 Å². The molecule has 2 fully saturated rings. The molecule has 0 N–H and O–H groups in total. The highest BCUT2D eigenvalue weighted by molar-refractivity contribution is 7.89. The summed E-state index contributed by atoms with van der Waals surface area (Å²) in [5.41, 5.74) is 1.32. The number of amides is 1. The first-order valence-electron chi connectivity index (χ1n) is 10.5. The Bertz CT molecular complexity index is 813. The Morgan fingerprint density at radius 2 is 1.93 bits per heavy atom. The van der Waals surface area contributed by atoms with Gasteiger partial charge in [-0.05, 0) is 50.8 Å². The average molecular weight is 424 g/mol. The van der Waals surface area contributed by atoms with Crippen LogP contribution in [-0.4, -0.2) is 77.0 Å². The first-order chi connectivity index (χ1) is 13.8. The van der Waals surface area contributed by atoms with Crippen molar-refractivity contribution in [2.75, 3.05) is 58.4 Å². The maximum atomic E-state index is 13.5. The largest absolute Gasteiger partial charge is 0.381 e. The van der Waals surface area contributed by atoms with Gasteiger partial charge in [0.25, 0.3) is 5.91 Å². The summed E-state index contributed by atoms with van der Waals surface area (Å²) in [6.45, 7) is 6.39. The molecule has 2 saturated heterocycles. The molecule has 2 aliphatic heterocycles. The number of anilines is 1. The number of ether oxygens (including phenoxy) is 1. The number of carbonyl (C=O) groups excluding carboxylic acids is 1. The van der Waals surface area contributed by atoms with Crippen LogP contribution in [0.5, 0.6) is 0 Å². The van der Waals surface area contributed by atoms with Crippen molar-refractivity contribution in [3.05, 3.63) is 23.8 Å². The summed E-state index contributed by atoms with van der Waals surface area (Å²) in [5.74, 6) is 0.238. The van der Waals surface area contributed by atoms with Gasteiger partial charge in [-0.2, -0.15) is 0 Å². The lowest BCUT2D eigenvalue weighted by molar-refractivity contribution is 0.0731. The summed E-state index contributed by atoms with van der Waals surface area (Å²) < 4.78 is 32.0. The van der Waals surface area contributed by atoms with Gasteiger partial charge in [-0.1, -0.05) is 0 Å². The van der Waals surface area contributed by atoms with E-state index in [1.165, 1.54) is 24.8 Å². The molecule has 0 spiro atoms. The third-order valence-corrected chi connectivity index (χ3v) is 7.66. The summed E-state index contributed by atoms with van der Waals surface area (Å²) in [6, 6.07) is 4.99. The Hall–Kier alpha value is -1.64. The van der Waals surface area contributed by atoms with Gasteiger partial charge in [0.1, 0.15) is 0 Å². The normalized spacial score (nSPS) is 20.3. The minimum Gasteiger partial charge on any atom is -0.381 e. The predicted molar refractivity (Wildman–Crippen MR) is 114 cm³/mol. The Kier molecular flexibility index (Phi) is 7.19. The average Bonchev–Trinajstić information content (AvgIpc) is 3.24. The summed E-state index contributed by atoms with van der Waals surface area (Å²) in [7, 11) is -0.596. The molecule has 7 nitrogen and oxygen atoms in total. The summed E-state index contributed by atoms with van der Waals surface area (Å²) in [5, 5.41) is 0. The van der Waals surface area contributed by atoms with E-state index in [9.17, 15) is 13.2 Å². The van der Waals surface area contributed by atoms with Gasteiger partial charge in [0.2, 0.25) is 10.0 Å². The van der Waals surface area contributed by atoms with Crippen LogP contribution in [0.4, 0.5) is 5.69 Å². The lowest BCUT2D eigenvalue weighted by atomic mass is 10.0. The standard InChI is InChI=1S/C21H33N3O4S/c1-4-23(15-17-10-13-28-16-17)21(25)19-14-18(29(26,27)22(2)3)8-9-20(19)24-11-6-5-7-12-24/h8-9,14,17H,4-7,10-13,15-16H2,1-3H3. The molecule has 2 heterocycles. The van der Waals surface area contributed by atoms with Crippen LogP contribution in [0, 0.1) is 5.92 Å². The molecule has 0 radical (unpaired) electrons. The van der Waals surface area contributed by atoms with Gasteiger partial charge in [-0.15, -0.1) is 0 Å². The first-order valence-corrected chi connectivity index (χ1v) is 12.0. The highest BCUT2D eigenvalue weighted by Gasteiger charge is 2.28. The monoisotopic (exact) mass is 423 g/mol. The van der Waals surface area contributed by atoms with Gasteiger partial charge in [0.05, 0.1) is 17.1 Å². The molecular formula is C21H33N3O4S. The second-order valence-electron chi connectivity index (χ2n) is 8.09. The molecule has 8 heteroatoms. The molecule has 0 bridgehead atoms. The molecule has 29 heavy (non-hydrogen) atoms. The maximum Gasteiger partial charge on any atom is 0.256 e. The number of nitrogens with zero attached hydrogens (tertiary/aromatic N) is 3. The van der Waals surface area contributed by atoms with Crippen LogP contribution in [0.3, 0.4) is 0 Å². The zero-order chi connectivity index (χ0) is 21.0. The van der Waals surface area contributed by atoms with E-state index in [0.717, 1.165) is 44.6 Å². The Morgan fingerprint density at radius 3 is 2.52 bits per heavy atom. The maximum absolute atomic E-state index is 13.5. The van der Waals surface area contributed by atoms with E-state index in [1.807, 2.05) is 17.9 Å². The fraction of sp³-hybridized carbons (Fsp3) is 0.667. The van der Waals surface area contributed by atoms with Crippen LogP contribution in [-0.2, 0) is 14.8 Å². The minimum atomic E-state index is -3.61. The number of hydrogen-bond acceptors (Lipinski definition) is 5. The number of carbonyl (C=O) groups is 1. The smallest absolute Gasteiger partial charge is 0.256 e. The summed E-state index contributed by atoms with van der Waals surface area (Å²) >= 11 is 0. The molecule has 3 rings (SSSR count). The van der Waals surface area contributed by atoms with E-state index in [-0.39, 0.29) is 10.8 Å². The van der Waals surface area contributed by atoms with Gasteiger partial charge in [0, 0.05) is 58.5 Å². The molecular weight excluding hydrogens is 390 g/mol. The van der Waals surface area contributed by atoms with E-state index in [2.05, 4.69) is 4.90 Å². The van der Waals surface area contributed by atoms with Crippen molar-refractivity contribution in [1.82, 2.24) is 9.21 Å². The zero-order valence-electron chi connectivity index (χ0n) is 17.8. The lowest BCUT2D eigenvalue weighted by Crippen LogP contribution is -2.38. The van der Waals surface area contributed by atoms with Gasteiger partial charge in [0.15, 0.2) is 0 Å². The molecule has 2 aliphatic rings. The Morgan fingerprint density at radius 1 is 1.21 bits per heavy atom. The zero-order valence-corrected chi connectivity index (χ0v) is 18.6. The van der Waals surface area contributed by atoms with Crippen molar-refractivity contribution in [2.24, 2.45) is 5.92 Å². The van der Waals surface area contributed by atoms with Gasteiger partial charge < -0.3 is 14.5 Å². The summed E-state index contributed by atoms with van der Waals surface area (Å²) in [4.78, 5) is 17.7. The second-order valence-corrected chi connectivity index (χ2v) is 10.2. The van der Waals surface area contributed by atoms with Gasteiger partial charge >= 0.3 is 0 Å². The molecule has 1 atom stereocenters. The quantitative estimate of drug-likeness (QED) is 0.674. The lowest BCUT2D eigenvalue weighted by Gasteiger charge is -2.32. The summed E-state index contributed by atoms with van der Waals surface area (Å²) in [6.07, 6.45) is 4.32. The van der Waals surface area contributed by atoms with Crippen LogP contribution < -0.4 is 4.90 Å². The van der Waals surface area contributed by atoms with E-state index in [1.54, 1.807) is 12.1 Å². The molecule has 1 unspecified atom stereocenters. The first kappa shape index (κ1) is 22.1. The minimum absolute atomic E-state index is 0.101. The van der Waals surface area contributed by atoms with Crippen molar-refractivity contribution in [3.63, 3.8) is 0 Å². The van der Waals surface area contributed by atoms with E-state index in [4.69, 9.17) is 4.74 Å². The molecule has 0 aromatic heterocycles. The van der Waals surface area contributed by atoms with Crippen LogP contribution in [0.15, 0.2) is 23.1 Å². The highest BCUT2D eigenvalue weighted by atomic mass is 32.2. The molecule has 0 aliphatic carbocycles. The van der Waals surface area contributed by atoms with Crippen LogP contribution in [0.2, 0.25) is 0 Å². The SMILES string of the molecule is CCN(CC1CCOC1)C(=O)c1cc(S(=O)(=O)N(C)C)ccc1N1CCCCC1. The number of sulfonamides is 1. The molecule has 1 amide bonds. The van der Waals surface area contributed by atoms with Gasteiger partial charge in [-0.25, -0.2) is 12.7 Å². The van der Waals surface area contributed by atoms with Crippen molar-refractivity contribution in [1.29, 1.82) is 0 Å². The number of benzene rings is 1. The van der Waals surface area contributed by atoms with Crippen LogP contribution in [0.1, 0.15) is 43.0 Å². The molecule has 162 valence electrons. The molecule has 1 aromatic carbocycles. The molecule has 1 aromatic rings. The Labute approximate surface area is 174 Å². The van der Waals surface area contributed by atoms with Crippen LogP contribution in [0.25, 0.3) is 0 Å². The van der Waals surface area contributed by atoms with E-state index in [0.29, 0.717) is 31.2 Å². The van der Waals surface area contributed by atoms with Crippen molar-refractivity contribution in [3.8, 4) is 0 Å². The number of piperidine rings is 1. The van der Waals surface area contributed by atoms with E-state index < -0.39 is 10.0 Å². The number of hydrogen-bond donors (Lipinski definition) is 0. The number of rotatable bonds is 7. The Balaban J connectivity index is 1.98. The highest BCUT2D eigenvalue weighted by Crippen LogP contribution is 2.29. The fourth-order valence-electron chi connectivity index (χ4n) is 4.03. The second kappa shape index (κ2) is 9.45. The van der Waals surface area contributed by atoms with Crippen molar-refractivity contribution in [2.45, 2.75) is 37.5 Å².